The van der Waals surface area contributed by atoms with Crippen molar-refractivity contribution in [3.8, 4) is 0 Å². The van der Waals surface area contributed by atoms with Gasteiger partial charge in [0.1, 0.15) is 5.82 Å². The molecule has 1 aliphatic heterocycles. The summed E-state index contributed by atoms with van der Waals surface area (Å²) in [6.07, 6.45) is -9.05. The minimum Gasteiger partial charge on any atom is -0.373 e. The Morgan fingerprint density at radius 2 is 1.54 bits per heavy atom. The number of hydrogen-bond acceptors (Lipinski definition) is 3. The average Bonchev–Trinajstić information content (AvgIpc) is 3.34. The first-order valence-corrected chi connectivity index (χ1v) is 11.0. The number of carbonyl (C=O) groups excluding carboxylic acids is 1. The van der Waals surface area contributed by atoms with E-state index < -0.39 is 48.0 Å². The van der Waals surface area contributed by atoms with Crippen LogP contribution in [0.5, 0.6) is 0 Å². The summed E-state index contributed by atoms with van der Waals surface area (Å²) in [4.78, 5) is 11.9. The van der Waals surface area contributed by atoms with Gasteiger partial charge in [0, 0.05) is 12.0 Å². The van der Waals surface area contributed by atoms with Gasteiger partial charge in [0.25, 0.3) is 0 Å². The first-order chi connectivity index (χ1) is 16.3. The van der Waals surface area contributed by atoms with Crippen LogP contribution in [0.25, 0.3) is 0 Å². The first-order valence-electron chi connectivity index (χ1n) is 11.0. The molecule has 2 aliphatic rings. The Morgan fingerprint density at radius 1 is 0.943 bits per heavy atom. The predicted molar refractivity (Wildman–Crippen MR) is 111 cm³/mol. The van der Waals surface area contributed by atoms with Gasteiger partial charge in [-0.05, 0) is 66.6 Å². The quantitative estimate of drug-likeness (QED) is 0.554. The number of halogens is 7. The molecule has 1 aliphatic carbocycles. The van der Waals surface area contributed by atoms with Crippen LogP contribution in [0.4, 0.5) is 30.7 Å². The Hall–Kier alpha value is -2.66. The van der Waals surface area contributed by atoms with E-state index in [2.05, 4.69) is 5.32 Å². The van der Waals surface area contributed by atoms with Crippen LogP contribution in [0.1, 0.15) is 47.4 Å². The van der Waals surface area contributed by atoms with E-state index in [1.165, 1.54) is 12.1 Å². The summed E-state index contributed by atoms with van der Waals surface area (Å²) in [5.41, 5.74) is 3.46. The molecule has 5 atom stereocenters. The predicted octanol–water partition coefficient (Wildman–Crippen LogP) is 5.16. The van der Waals surface area contributed by atoms with E-state index in [-0.39, 0.29) is 35.4 Å². The Labute approximate surface area is 196 Å². The van der Waals surface area contributed by atoms with Crippen molar-refractivity contribution >= 4 is 5.91 Å². The first kappa shape index (κ1) is 25.4. The summed E-state index contributed by atoms with van der Waals surface area (Å²) in [5.74, 6) is -1.25. The zero-order valence-electron chi connectivity index (χ0n) is 18.3. The molecule has 4 nitrogen and oxygen atoms in total. The van der Waals surface area contributed by atoms with Gasteiger partial charge in [-0.2, -0.15) is 26.3 Å². The molecule has 0 bridgehead atoms. The average molecular weight is 504 g/mol. The van der Waals surface area contributed by atoms with Crippen LogP contribution in [0, 0.1) is 11.7 Å². The smallest absolute Gasteiger partial charge is 0.373 e. The maximum atomic E-state index is 13.5. The normalized spacial score (nSPS) is 27.3. The van der Waals surface area contributed by atoms with Crippen LogP contribution >= 0.6 is 0 Å². The van der Waals surface area contributed by atoms with Crippen molar-refractivity contribution < 1.29 is 40.3 Å². The van der Waals surface area contributed by atoms with E-state index in [9.17, 15) is 35.5 Å². The molecule has 2 aromatic carbocycles. The summed E-state index contributed by atoms with van der Waals surface area (Å²) >= 11 is 0. The van der Waals surface area contributed by atoms with E-state index in [0.717, 1.165) is 0 Å². The zero-order chi connectivity index (χ0) is 25.5. The van der Waals surface area contributed by atoms with Gasteiger partial charge in [-0.15, -0.1) is 0 Å². The monoisotopic (exact) mass is 504 g/mol. The van der Waals surface area contributed by atoms with E-state index in [1.54, 1.807) is 12.1 Å². The second-order valence-corrected chi connectivity index (χ2v) is 9.04. The highest BCUT2D eigenvalue weighted by Crippen LogP contribution is 2.45. The number of benzene rings is 2. The highest BCUT2D eigenvalue weighted by Gasteiger charge is 2.45. The van der Waals surface area contributed by atoms with Crippen LogP contribution < -0.4 is 11.1 Å². The number of ether oxygens (including phenoxy) is 1. The number of nitrogens with two attached hydrogens (primary N) is 1. The zero-order valence-corrected chi connectivity index (χ0v) is 18.3. The van der Waals surface area contributed by atoms with E-state index in [1.807, 2.05) is 0 Å². The highest BCUT2D eigenvalue weighted by molar-refractivity contribution is 5.84. The lowest BCUT2D eigenvalue weighted by Crippen LogP contribution is -2.36. The Kier molecular flexibility index (Phi) is 6.85. The molecule has 2 fully saturated rings. The second kappa shape index (κ2) is 9.42. The van der Waals surface area contributed by atoms with Crippen molar-refractivity contribution in [1.82, 2.24) is 5.32 Å². The SMILES string of the molecule is N[C@@H]1C[C@H]([C@@H]2CC[C@H](OCc3cc(C(F)(F)F)cc(C(F)(F)F)c3)[C@H]2c2ccc(F)cc2)NC1=O. The Balaban J connectivity index is 1.59. The van der Waals surface area contributed by atoms with Crippen molar-refractivity contribution in [2.45, 2.75) is 62.3 Å². The standard InChI is InChI=1S/C24H23F7N2O2/c25-16-3-1-13(2-4-16)21-17(19-10-18(32)22(34)33-19)5-6-20(21)35-11-12-7-14(23(26,27)28)9-15(8-12)24(29,30)31/h1-4,7-9,17-21H,5-6,10-11,32H2,(H,33,34)/t17-,18+,19+,20-,21-/m0/s1. The summed E-state index contributed by atoms with van der Waals surface area (Å²) in [6.45, 7) is -0.474. The summed E-state index contributed by atoms with van der Waals surface area (Å²) in [6, 6.07) is 6.09. The molecule has 4 rings (SSSR count). The number of hydrogen-bond donors (Lipinski definition) is 2. The largest absolute Gasteiger partial charge is 0.416 e. The molecule has 190 valence electrons. The molecule has 1 amide bonds. The molecule has 0 aromatic heterocycles. The van der Waals surface area contributed by atoms with Gasteiger partial charge in [-0.1, -0.05) is 12.1 Å². The number of carbonyl (C=O) groups is 1. The molecule has 0 unspecified atom stereocenters. The lowest BCUT2D eigenvalue weighted by Gasteiger charge is -2.29. The molecular formula is C24H23F7N2O2. The lowest BCUT2D eigenvalue weighted by molar-refractivity contribution is -0.143. The van der Waals surface area contributed by atoms with E-state index in [4.69, 9.17) is 10.5 Å². The minimum atomic E-state index is -4.95. The Bertz CT molecular complexity index is 1040. The van der Waals surface area contributed by atoms with Crippen LogP contribution in [-0.2, 0) is 28.5 Å². The fourth-order valence-electron chi connectivity index (χ4n) is 5.09. The van der Waals surface area contributed by atoms with Crippen molar-refractivity contribution in [2.75, 3.05) is 0 Å². The van der Waals surface area contributed by atoms with Crippen molar-refractivity contribution in [2.24, 2.45) is 11.7 Å². The molecular weight excluding hydrogens is 481 g/mol. The van der Waals surface area contributed by atoms with Gasteiger partial charge in [0.2, 0.25) is 5.91 Å². The maximum Gasteiger partial charge on any atom is 0.416 e. The molecule has 35 heavy (non-hydrogen) atoms. The third-order valence-corrected chi connectivity index (χ3v) is 6.70. The molecule has 11 heteroatoms. The second-order valence-electron chi connectivity index (χ2n) is 9.04. The summed E-state index contributed by atoms with van der Waals surface area (Å²) < 4.78 is 98.6. The third kappa shape index (κ3) is 5.61. The molecule has 1 saturated heterocycles. The minimum absolute atomic E-state index is 0.0719. The summed E-state index contributed by atoms with van der Waals surface area (Å²) in [5, 5.41) is 2.86. The topological polar surface area (TPSA) is 64.3 Å². The van der Waals surface area contributed by atoms with Gasteiger partial charge in [0.15, 0.2) is 0 Å². The fourth-order valence-corrected chi connectivity index (χ4v) is 5.09. The van der Waals surface area contributed by atoms with Gasteiger partial charge in [0.05, 0.1) is 29.9 Å². The fraction of sp³-hybridized carbons (Fsp3) is 0.458. The van der Waals surface area contributed by atoms with Crippen molar-refractivity contribution in [1.29, 1.82) is 0 Å². The highest BCUT2D eigenvalue weighted by atomic mass is 19.4. The molecule has 0 radical (unpaired) electrons. The maximum absolute atomic E-state index is 13.5. The molecule has 1 saturated carbocycles. The summed E-state index contributed by atoms with van der Waals surface area (Å²) in [7, 11) is 0. The number of rotatable bonds is 5. The van der Waals surface area contributed by atoms with Crippen LogP contribution in [0.2, 0.25) is 0 Å². The molecule has 1 heterocycles. The Morgan fingerprint density at radius 3 is 2.06 bits per heavy atom. The van der Waals surface area contributed by atoms with Crippen LogP contribution in [-0.4, -0.2) is 24.1 Å². The number of amides is 1. The molecule has 3 N–H and O–H groups in total. The lowest BCUT2D eigenvalue weighted by atomic mass is 9.82. The van der Waals surface area contributed by atoms with Gasteiger partial charge in [-0.25, -0.2) is 4.39 Å². The third-order valence-electron chi connectivity index (χ3n) is 6.70. The van der Waals surface area contributed by atoms with Crippen molar-refractivity contribution in [3.63, 3.8) is 0 Å². The van der Waals surface area contributed by atoms with Crippen LogP contribution in [0.15, 0.2) is 42.5 Å². The van der Waals surface area contributed by atoms with Gasteiger partial charge >= 0.3 is 12.4 Å². The van der Waals surface area contributed by atoms with E-state index >= 15 is 0 Å². The van der Waals surface area contributed by atoms with E-state index in [0.29, 0.717) is 37.0 Å². The van der Waals surface area contributed by atoms with Gasteiger partial charge < -0.3 is 15.8 Å². The molecule has 0 spiro atoms. The molecule has 2 aromatic rings. The number of alkyl halides is 6. The van der Waals surface area contributed by atoms with Crippen LogP contribution in [0.3, 0.4) is 0 Å². The van der Waals surface area contributed by atoms with Crippen molar-refractivity contribution in [3.05, 3.63) is 70.5 Å². The number of nitrogens with one attached hydrogen (secondary N) is 1. The van der Waals surface area contributed by atoms with Gasteiger partial charge in [-0.3, -0.25) is 4.79 Å².